The number of carbonyl (C=O) groups is 1. The average Bonchev–Trinajstić information content (AvgIpc) is 2.83. The molecule has 4 nitrogen and oxygen atoms in total. The number of carbonyl (C=O) groups excluding carboxylic acids is 1. The summed E-state index contributed by atoms with van der Waals surface area (Å²) >= 11 is 0. The highest BCUT2D eigenvalue weighted by atomic mass is 19.1. The van der Waals surface area contributed by atoms with Crippen LogP contribution >= 0.6 is 0 Å². The van der Waals surface area contributed by atoms with Crippen molar-refractivity contribution in [3.63, 3.8) is 0 Å². The highest BCUT2D eigenvalue weighted by Crippen LogP contribution is 2.13. The Morgan fingerprint density at radius 3 is 2.79 bits per heavy atom. The van der Waals surface area contributed by atoms with Crippen molar-refractivity contribution in [2.75, 3.05) is 19.7 Å². The highest BCUT2D eigenvalue weighted by molar-refractivity contribution is 5.76. The number of nitrogens with zero attached hydrogens (tertiary/aromatic N) is 1. The van der Waals surface area contributed by atoms with Gasteiger partial charge in [0.2, 0.25) is 5.91 Å². The molecule has 104 valence electrons. The normalized spacial score (nSPS) is 18.6. The van der Waals surface area contributed by atoms with Crippen LogP contribution in [0.2, 0.25) is 0 Å². The molecule has 0 aromatic heterocycles. The third kappa shape index (κ3) is 4.21. The monoisotopic (exact) mass is 266 g/mol. The van der Waals surface area contributed by atoms with Gasteiger partial charge in [-0.25, -0.2) is 4.39 Å². The van der Waals surface area contributed by atoms with E-state index in [4.69, 9.17) is 10.5 Å². The van der Waals surface area contributed by atoms with Gasteiger partial charge in [-0.3, -0.25) is 4.79 Å². The molecule has 1 unspecified atom stereocenters. The van der Waals surface area contributed by atoms with E-state index < -0.39 is 0 Å². The number of ether oxygens (including phenoxy) is 1. The maximum absolute atomic E-state index is 12.7. The largest absolute Gasteiger partial charge is 0.494 e. The number of rotatable bonds is 5. The standard InChI is InChI=1S/C14H19FN2O2/c15-11-3-5-13(6-4-11)19-9-1-2-14(18)17-8-7-12(16)10-17/h3-6,12H,1-2,7-10,16H2. The first-order valence-electron chi connectivity index (χ1n) is 6.57. The Bertz CT molecular complexity index is 422. The van der Waals surface area contributed by atoms with E-state index in [0.717, 1.165) is 13.0 Å². The third-order valence-corrected chi connectivity index (χ3v) is 3.19. The lowest BCUT2D eigenvalue weighted by Gasteiger charge is -2.15. The summed E-state index contributed by atoms with van der Waals surface area (Å²) in [5, 5.41) is 0. The molecule has 1 heterocycles. The van der Waals surface area contributed by atoms with Gasteiger partial charge in [0.05, 0.1) is 6.61 Å². The molecule has 0 spiro atoms. The molecule has 1 aromatic rings. The van der Waals surface area contributed by atoms with E-state index in [0.29, 0.717) is 31.7 Å². The lowest BCUT2D eigenvalue weighted by molar-refractivity contribution is -0.130. The van der Waals surface area contributed by atoms with Gasteiger partial charge in [0.25, 0.3) is 0 Å². The molecule has 0 aliphatic carbocycles. The zero-order valence-corrected chi connectivity index (χ0v) is 10.8. The predicted molar refractivity (Wildman–Crippen MR) is 70.3 cm³/mol. The lowest BCUT2D eigenvalue weighted by atomic mass is 10.3. The first kappa shape index (κ1) is 13.8. The van der Waals surface area contributed by atoms with Gasteiger partial charge in [-0.2, -0.15) is 0 Å². The van der Waals surface area contributed by atoms with Gasteiger partial charge in [0, 0.05) is 25.6 Å². The molecule has 19 heavy (non-hydrogen) atoms. The molecule has 1 fully saturated rings. The fourth-order valence-corrected chi connectivity index (χ4v) is 2.12. The molecule has 0 bridgehead atoms. The van der Waals surface area contributed by atoms with E-state index in [9.17, 15) is 9.18 Å². The molecule has 0 radical (unpaired) electrons. The second kappa shape index (κ2) is 6.52. The minimum atomic E-state index is -0.284. The minimum absolute atomic E-state index is 0.124. The number of hydrogen-bond acceptors (Lipinski definition) is 3. The Balaban J connectivity index is 1.64. The van der Waals surface area contributed by atoms with E-state index in [1.807, 2.05) is 4.90 Å². The van der Waals surface area contributed by atoms with Gasteiger partial charge >= 0.3 is 0 Å². The second-order valence-corrected chi connectivity index (χ2v) is 4.79. The Morgan fingerprint density at radius 1 is 1.42 bits per heavy atom. The average molecular weight is 266 g/mol. The summed E-state index contributed by atoms with van der Waals surface area (Å²) in [5.41, 5.74) is 5.76. The first-order valence-corrected chi connectivity index (χ1v) is 6.57. The summed E-state index contributed by atoms with van der Waals surface area (Å²) in [5.74, 6) is 0.473. The lowest BCUT2D eigenvalue weighted by Crippen LogP contribution is -2.31. The molecule has 1 amide bonds. The van der Waals surface area contributed by atoms with Gasteiger partial charge in [0.1, 0.15) is 11.6 Å². The molecule has 1 aromatic carbocycles. The quantitative estimate of drug-likeness (QED) is 0.823. The smallest absolute Gasteiger partial charge is 0.222 e. The van der Waals surface area contributed by atoms with Crippen LogP contribution in [0.25, 0.3) is 0 Å². The van der Waals surface area contributed by atoms with Crippen LogP contribution in [-0.4, -0.2) is 36.5 Å². The van der Waals surface area contributed by atoms with Crippen LogP contribution in [0.15, 0.2) is 24.3 Å². The van der Waals surface area contributed by atoms with Crippen molar-refractivity contribution in [3.8, 4) is 5.75 Å². The van der Waals surface area contributed by atoms with E-state index in [1.54, 1.807) is 12.1 Å². The minimum Gasteiger partial charge on any atom is -0.494 e. The van der Waals surface area contributed by atoms with E-state index in [2.05, 4.69) is 0 Å². The number of hydrogen-bond donors (Lipinski definition) is 1. The zero-order valence-electron chi connectivity index (χ0n) is 10.8. The van der Waals surface area contributed by atoms with Crippen molar-refractivity contribution in [2.45, 2.75) is 25.3 Å². The van der Waals surface area contributed by atoms with Gasteiger partial charge < -0.3 is 15.4 Å². The maximum Gasteiger partial charge on any atom is 0.222 e. The zero-order chi connectivity index (χ0) is 13.7. The molecule has 1 aliphatic rings. The van der Waals surface area contributed by atoms with Crippen molar-refractivity contribution in [1.29, 1.82) is 0 Å². The molecule has 1 atom stereocenters. The summed E-state index contributed by atoms with van der Waals surface area (Å²) in [6.07, 6.45) is 2.01. The third-order valence-electron chi connectivity index (χ3n) is 3.19. The van der Waals surface area contributed by atoms with Crippen LogP contribution in [0.5, 0.6) is 5.75 Å². The molecule has 5 heteroatoms. The summed E-state index contributed by atoms with van der Waals surface area (Å²) in [6, 6.07) is 5.99. The number of likely N-dealkylation sites (tertiary alicyclic amines) is 1. The number of amides is 1. The van der Waals surface area contributed by atoms with E-state index in [1.165, 1.54) is 12.1 Å². The fraction of sp³-hybridized carbons (Fsp3) is 0.500. The van der Waals surface area contributed by atoms with Gasteiger partial charge in [-0.1, -0.05) is 0 Å². The topological polar surface area (TPSA) is 55.6 Å². The fourth-order valence-electron chi connectivity index (χ4n) is 2.12. The SMILES string of the molecule is NC1CCN(C(=O)CCCOc2ccc(F)cc2)C1. The van der Waals surface area contributed by atoms with Crippen molar-refractivity contribution in [2.24, 2.45) is 5.73 Å². The van der Waals surface area contributed by atoms with Crippen molar-refractivity contribution in [3.05, 3.63) is 30.1 Å². The van der Waals surface area contributed by atoms with Crippen LogP contribution in [-0.2, 0) is 4.79 Å². The van der Waals surface area contributed by atoms with Gasteiger partial charge in [-0.15, -0.1) is 0 Å². The molecule has 1 saturated heterocycles. The van der Waals surface area contributed by atoms with E-state index in [-0.39, 0.29) is 17.8 Å². The molecule has 1 aliphatic heterocycles. The van der Waals surface area contributed by atoms with Gasteiger partial charge in [-0.05, 0) is 37.1 Å². The molecule has 0 saturated carbocycles. The van der Waals surface area contributed by atoms with E-state index >= 15 is 0 Å². The Kier molecular flexibility index (Phi) is 4.74. The number of benzene rings is 1. The Hall–Kier alpha value is -1.62. The van der Waals surface area contributed by atoms with Gasteiger partial charge in [0.15, 0.2) is 0 Å². The molecular formula is C14H19FN2O2. The van der Waals surface area contributed by atoms with Crippen LogP contribution in [0.3, 0.4) is 0 Å². The first-order chi connectivity index (χ1) is 9.15. The molecule has 2 rings (SSSR count). The highest BCUT2D eigenvalue weighted by Gasteiger charge is 2.22. The molecule has 2 N–H and O–H groups in total. The van der Waals surface area contributed by atoms with Crippen LogP contribution in [0, 0.1) is 5.82 Å². The number of halogens is 1. The maximum atomic E-state index is 12.7. The summed E-state index contributed by atoms with van der Waals surface area (Å²) in [6.45, 7) is 1.88. The predicted octanol–water partition coefficient (Wildman–Crippen LogP) is 1.54. The van der Waals surface area contributed by atoms with Crippen LogP contribution < -0.4 is 10.5 Å². The van der Waals surface area contributed by atoms with Crippen LogP contribution in [0.4, 0.5) is 4.39 Å². The summed E-state index contributed by atoms with van der Waals surface area (Å²) < 4.78 is 18.1. The summed E-state index contributed by atoms with van der Waals surface area (Å²) in [4.78, 5) is 13.6. The summed E-state index contributed by atoms with van der Waals surface area (Å²) in [7, 11) is 0. The van der Waals surface area contributed by atoms with Crippen LogP contribution in [0.1, 0.15) is 19.3 Å². The second-order valence-electron chi connectivity index (χ2n) is 4.79. The Labute approximate surface area is 112 Å². The van der Waals surface area contributed by atoms with Crippen molar-refractivity contribution >= 4 is 5.91 Å². The number of nitrogens with two attached hydrogens (primary N) is 1. The molecular weight excluding hydrogens is 247 g/mol. The van der Waals surface area contributed by atoms with Crippen molar-refractivity contribution < 1.29 is 13.9 Å². The van der Waals surface area contributed by atoms with Crippen molar-refractivity contribution in [1.82, 2.24) is 4.90 Å². The Morgan fingerprint density at radius 2 is 2.16 bits per heavy atom.